The molecule has 0 bridgehead atoms. The van der Waals surface area contributed by atoms with Gasteiger partial charge in [0, 0.05) is 58.8 Å². The summed E-state index contributed by atoms with van der Waals surface area (Å²) in [6.45, 7) is 13.0. The number of aromatic nitrogens is 3. The van der Waals surface area contributed by atoms with Crippen molar-refractivity contribution in [1.29, 1.82) is 0 Å². The van der Waals surface area contributed by atoms with Crippen molar-refractivity contribution in [3.63, 3.8) is 0 Å². The van der Waals surface area contributed by atoms with Crippen molar-refractivity contribution in [1.82, 2.24) is 24.8 Å². The molecule has 0 aliphatic carbocycles. The van der Waals surface area contributed by atoms with Crippen LogP contribution in [0.5, 0.6) is 6.01 Å². The lowest BCUT2D eigenvalue weighted by atomic mass is 9.95. The average molecular weight is 662 g/mol. The average Bonchev–Trinajstić information content (AvgIpc) is 3.64. The van der Waals surface area contributed by atoms with E-state index in [1.54, 1.807) is 29.3 Å². The smallest absolute Gasteiger partial charge is 0.319 e. The van der Waals surface area contributed by atoms with Crippen molar-refractivity contribution in [2.45, 2.75) is 37.3 Å². The van der Waals surface area contributed by atoms with Gasteiger partial charge in [-0.25, -0.2) is 19.7 Å². The van der Waals surface area contributed by atoms with Crippen molar-refractivity contribution >= 4 is 45.0 Å². The maximum absolute atomic E-state index is 16.8. The van der Waals surface area contributed by atoms with Gasteiger partial charge in [-0.3, -0.25) is 14.7 Å². The first kappa shape index (κ1) is 31.1. The summed E-state index contributed by atoms with van der Waals surface area (Å²) in [5.74, 6) is -3.62. The minimum absolute atomic E-state index is 0.0466. The highest BCUT2D eigenvalue weighted by Crippen LogP contribution is 2.42. The van der Waals surface area contributed by atoms with Gasteiger partial charge < -0.3 is 19.4 Å². The molecule has 0 unspecified atom stereocenters. The summed E-state index contributed by atoms with van der Waals surface area (Å²) in [6, 6.07) is 5.55. The molecule has 0 N–H and O–H groups in total. The molecule has 2 aromatic heterocycles. The Morgan fingerprint density at radius 3 is 2.68 bits per heavy atom. The Balaban J connectivity index is 1.36. The molecular formula is C34H31ClF3N7O2. The number of halogens is 4. The number of carbonyl (C=O) groups excluding carboxylic acids is 1. The van der Waals surface area contributed by atoms with E-state index in [0.29, 0.717) is 22.4 Å². The van der Waals surface area contributed by atoms with E-state index in [0.717, 1.165) is 38.8 Å². The van der Waals surface area contributed by atoms with Crippen molar-refractivity contribution in [3.05, 3.63) is 77.1 Å². The second-order valence-electron chi connectivity index (χ2n) is 12.3. The normalized spacial score (nSPS) is 19.3. The van der Waals surface area contributed by atoms with Crippen molar-refractivity contribution < 1.29 is 22.7 Å². The molecule has 1 amide bonds. The fourth-order valence-electron chi connectivity index (χ4n) is 7.48. The van der Waals surface area contributed by atoms with Gasteiger partial charge in [-0.2, -0.15) is 9.97 Å². The molecule has 4 aromatic rings. The second kappa shape index (κ2) is 12.3. The van der Waals surface area contributed by atoms with Gasteiger partial charge in [0.2, 0.25) is 6.54 Å². The van der Waals surface area contributed by atoms with Crippen molar-refractivity contribution in [2.75, 3.05) is 50.8 Å². The maximum Gasteiger partial charge on any atom is 0.319 e. The van der Waals surface area contributed by atoms with E-state index >= 15 is 8.78 Å². The number of nitrogens with zero attached hydrogens (tertiary/aromatic N) is 7. The van der Waals surface area contributed by atoms with Gasteiger partial charge in [0.15, 0.2) is 11.6 Å². The monoisotopic (exact) mass is 661 g/mol. The molecule has 47 heavy (non-hydrogen) atoms. The van der Waals surface area contributed by atoms with Gasteiger partial charge >= 0.3 is 6.01 Å². The van der Waals surface area contributed by atoms with Gasteiger partial charge in [0.05, 0.1) is 11.1 Å². The number of amides is 1. The van der Waals surface area contributed by atoms with Crippen LogP contribution in [0.3, 0.4) is 0 Å². The van der Waals surface area contributed by atoms with Crippen LogP contribution in [0.25, 0.3) is 37.6 Å². The Morgan fingerprint density at radius 2 is 1.94 bits per heavy atom. The number of fused-ring (bicyclic) bond motifs is 3. The number of piperazine rings is 1. The Bertz CT molecular complexity index is 1950. The number of hydrogen-bond acceptors (Lipinski definition) is 7. The number of ether oxygens (including phenoxy) is 1. The number of rotatable bonds is 7. The van der Waals surface area contributed by atoms with Crippen molar-refractivity contribution in [2.24, 2.45) is 0 Å². The summed E-state index contributed by atoms with van der Waals surface area (Å²) in [7, 11) is 0. The Labute approximate surface area is 274 Å². The Kier molecular flexibility index (Phi) is 8.14. The van der Waals surface area contributed by atoms with Gasteiger partial charge in [0.25, 0.3) is 5.91 Å². The minimum Gasteiger partial charge on any atom is -0.461 e. The molecule has 0 spiro atoms. The van der Waals surface area contributed by atoms with Gasteiger partial charge in [-0.15, -0.1) is 0 Å². The molecule has 0 saturated carbocycles. The predicted octanol–water partition coefficient (Wildman–Crippen LogP) is 6.20. The molecule has 3 aliphatic heterocycles. The molecule has 9 nitrogen and oxygen atoms in total. The minimum atomic E-state index is -1.12. The molecule has 3 saturated heterocycles. The SMILES string of the molecule is [C-]#[N+]C[C@H]1CN(c2nc(OCC34CCCN3CCC4)nc3c(F)c(-c4cncc5cccc(Cl)c45)c(F)cc23)CCN1C(=O)C(=C)F. The third-order valence-electron chi connectivity index (χ3n) is 9.70. The van der Waals surface area contributed by atoms with Crippen LogP contribution in [0.2, 0.25) is 5.02 Å². The van der Waals surface area contributed by atoms with Crippen LogP contribution in [0.4, 0.5) is 19.0 Å². The van der Waals surface area contributed by atoms with Crippen LogP contribution in [-0.4, -0.2) is 88.1 Å². The fourth-order valence-corrected chi connectivity index (χ4v) is 7.77. The number of pyridine rings is 1. The van der Waals surface area contributed by atoms with Crippen LogP contribution in [0.15, 0.2) is 49.1 Å². The lowest BCUT2D eigenvalue weighted by molar-refractivity contribution is -0.131. The fraction of sp³-hybridized carbons (Fsp3) is 0.382. The number of anilines is 1. The highest BCUT2D eigenvalue weighted by molar-refractivity contribution is 6.36. The van der Waals surface area contributed by atoms with Gasteiger partial charge in [0.1, 0.15) is 29.8 Å². The van der Waals surface area contributed by atoms with Crippen LogP contribution in [0, 0.1) is 18.2 Å². The Morgan fingerprint density at radius 1 is 1.15 bits per heavy atom. The summed E-state index contributed by atoms with van der Waals surface area (Å²) in [4.78, 5) is 34.8. The zero-order chi connectivity index (χ0) is 32.9. The zero-order valence-electron chi connectivity index (χ0n) is 25.5. The summed E-state index contributed by atoms with van der Waals surface area (Å²) < 4.78 is 53.1. The molecular weight excluding hydrogens is 631 g/mol. The van der Waals surface area contributed by atoms with Crippen molar-refractivity contribution in [3.8, 4) is 17.1 Å². The number of benzene rings is 2. The van der Waals surface area contributed by atoms with E-state index in [2.05, 4.69) is 31.3 Å². The molecule has 5 heterocycles. The molecule has 0 radical (unpaired) electrons. The maximum atomic E-state index is 16.8. The first-order valence-corrected chi connectivity index (χ1v) is 15.9. The Hall–Kier alpha value is -4.47. The predicted molar refractivity (Wildman–Crippen MR) is 173 cm³/mol. The molecule has 7 rings (SSSR count). The van der Waals surface area contributed by atoms with Gasteiger partial charge in [-0.1, -0.05) is 30.3 Å². The highest BCUT2D eigenvalue weighted by atomic mass is 35.5. The molecule has 3 fully saturated rings. The molecule has 13 heteroatoms. The second-order valence-corrected chi connectivity index (χ2v) is 12.8. The van der Waals surface area contributed by atoms with E-state index in [-0.39, 0.29) is 65.6 Å². The summed E-state index contributed by atoms with van der Waals surface area (Å²) in [6.07, 6.45) is 7.01. The standard InChI is InChI=1S/C34H31ClF3N7O2/c1-20(36)32(46)45-13-12-43(18-22(45)16-39-2)31-23-14-26(37)28(24-17-40-15-21-6-3-7-25(35)27(21)24)29(38)30(23)41-33(42-31)47-19-34-8-4-10-44(34)11-5-9-34/h3,6-7,14-15,17,22H,1,4-5,8-13,16,18-19H2/t22-/m0/s1. The summed E-state index contributed by atoms with van der Waals surface area (Å²) in [5.41, 5.74) is -0.458. The molecule has 2 aromatic carbocycles. The van der Waals surface area contributed by atoms with Crippen LogP contribution >= 0.6 is 11.6 Å². The van der Waals surface area contributed by atoms with E-state index < -0.39 is 29.4 Å². The zero-order valence-corrected chi connectivity index (χ0v) is 26.2. The third kappa shape index (κ3) is 5.41. The lowest BCUT2D eigenvalue weighted by Crippen LogP contribution is -2.56. The summed E-state index contributed by atoms with van der Waals surface area (Å²) >= 11 is 6.52. The quantitative estimate of drug-likeness (QED) is 0.172. The molecule has 242 valence electrons. The third-order valence-corrected chi connectivity index (χ3v) is 10.0. The molecule has 1 atom stereocenters. The largest absolute Gasteiger partial charge is 0.461 e. The highest BCUT2D eigenvalue weighted by Gasteiger charge is 2.45. The van der Waals surface area contributed by atoms with Crippen LogP contribution in [0.1, 0.15) is 25.7 Å². The van der Waals surface area contributed by atoms with Crippen LogP contribution in [-0.2, 0) is 4.79 Å². The number of hydrogen-bond donors (Lipinski definition) is 0. The van der Waals surface area contributed by atoms with E-state index in [1.807, 2.05) is 0 Å². The van der Waals surface area contributed by atoms with Gasteiger partial charge in [-0.05, 0) is 50.9 Å². The topological polar surface area (TPSA) is 79.1 Å². The first-order valence-electron chi connectivity index (χ1n) is 15.5. The van der Waals surface area contributed by atoms with E-state index in [1.165, 1.54) is 17.2 Å². The summed E-state index contributed by atoms with van der Waals surface area (Å²) in [5, 5.41) is 1.48. The molecule has 3 aliphatic rings. The number of carbonyl (C=O) groups is 1. The van der Waals surface area contributed by atoms with Crippen LogP contribution < -0.4 is 9.64 Å². The van der Waals surface area contributed by atoms with E-state index in [4.69, 9.17) is 22.9 Å². The van der Waals surface area contributed by atoms with E-state index in [9.17, 15) is 9.18 Å². The first-order chi connectivity index (χ1) is 22.7. The lowest BCUT2D eigenvalue weighted by Gasteiger charge is -2.39.